The molecule has 74 valence electrons. The number of aliphatic imine (C=N–C) groups is 1. The van der Waals surface area contributed by atoms with E-state index in [0.717, 1.165) is 0 Å². The van der Waals surface area contributed by atoms with E-state index in [1.165, 1.54) is 0 Å². The highest BCUT2D eigenvalue weighted by Crippen LogP contribution is 2.31. The Morgan fingerprint density at radius 1 is 1.38 bits per heavy atom. The molecule has 1 aliphatic rings. The summed E-state index contributed by atoms with van der Waals surface area (Å²) in [4.78, 5) is 14.9. The lowest BCUT2D eigenvalue weighted by Gasteiger charge is -2.25. The highest BCUT2D eigenvalue weighted by molar-refractivity contribution is 6.77. The van der Waals surface area contributed by atoms with Gasteiger partial charge in [-0.05, 0) is 0 Å². The number of alkyl halides is 5. The second-order valence-electron chi connectivity index (χ2n) is 2.32. The lowest BCUT2D eigenvalue weighted by molar-refractivity contribution is -0.120. The van der Waals surface area contributed by atoms with Crippen LogP contribution in [0.25, 0.3) is 0 Å². The van der Waals surface area contributed by atoms with Crippen LogP contribution in [0.5, 0.6) is 0 Å². The van der Waals surface area contributed by atoms with Gasteiger partial charge in [0.05, 0.1) is 6.54 Å². The lowest BCUT2D eigenvalue weighted by atomic mass is 10.3. The van der Waals surface area contributed by atoms with E-state index in [-0.39, 0.29) is 12.4 Å². The van der Waals surface area contributed by atoms with Crippen molar-refractivity contribution in [1.82, 2.24) is 5.32 Å². The Balaban J connectivity index is 2.88. The molecule has 0 aliphatic carbocycles. The van der Waals surface area contributed by atoms with E-state index in [2.05, 4.69) is 10.3 Å². The average molecular weight is 284 g/mol. The van der Waals surface area contributed by atoms with E-state index in [4.69, 9.17) is 58.0 Å². The van der Waals surface area contributed by atoms with Crippen LogP contribution < -0.4 is 5.32 Å². The van der Waals surface area contributed by atoms with Crippen LogP contribution in [0.4, 0.5) is 0 Å². The van der Waals surface area contributed by atoms with Crippen molar-refractivity contribution in [2.45, 2.75) is 8.13 Å². The Labute approximate surface area is 99.3 Å². The average Bonchev–Trinajstić information content (AvgIpc) is 1.92. The number of amides is 1. The van der Waals surface area contributed by atoms with Crippen LogP contribution in [0.3, 0.4) is 0 Å². The zero-order valence-electron chi connectivity index (χ0n) is 5.95. The predicted octanol–water partition coefficient (Wildman–Crippen LogP) is 2.06. The molecule has 0 spiro atoms. The molecule has 8 heteroatoms. The summed E-state index contributed by atoms with van der Waals surface area (Å²) in [6.45, 7) is -0.134. The Morgan fingerprint density at radius 2 is 1.92 bits per heavy atom. The molecule has 1 heterocycles. The molecule has 3 nitrogen and oxygen atoms in total. The number of nitrogens with one attached hydrogen (secondary N) is 1. The largest absolute Gasteiger partial charge is 0.308 e. The zero-order chi connectivity index (χ0) is 10.3. The van der Waals surface area contributed by atoms with Crippen molar-refractivity contribution in [3.8, 4) is 0 Å². The fourth-order valence-corrected chi connectivity index (χ4v) is 1.18. The van der Waals surface area contributed by atoms with Crippen LogP contribution in [0, 0.1) is 0 Å². The Morgan fingerprint density at radius 3 is 2.31 bits per heavy atom. The van der Waals surface area contributed by atoms with Gasteiger partial charge in [-0.15, -0.1) is 0 Å². The van der Waals surface area contributed by atoms with E-state index >= 15 is 0 Å². The van der Waals surface area contributed by atoms with Gasteiger partial charge in [-0.3, -0.25) is 9.79 Å². The molecule has 0 aromatic carbocycles. The fourth-order valence-electron chi connectivity index (χ4n) is 0.649. The second-order valence-corrected chi connectivity index (χ2v) is 6.09. The normalized spacial score (nSPS) is 22.2. The third-order valence-electron chi connectivity index (χ3n) is 1.27. The van der Waals surface area contributed by atoms with Gasteiger partial charge in [0, 0.05) is 0 Å². The van der Waals surface area contributed by atoms with Gasteiger partial charge in [0.1, 0.15) is 0 Å². The van der Waals surface area contributed by atoms with Gasteiger partial charge in [0.15, 0.2) is 5.84 Å². The molecule has 13 heavy (non-hydrogen) atoms. The van der Waals surface area contributed by atoms with Crippen molar-refractivity contribution >= 4 is 69.7 Å². The van der Waals surface area contributed by atoms with E-state index in [1.807, 2.05) is 0 Å². The Hall–Kier alpha value is 0.590. The molecule has 0 radical (unpaired) electrons. The van der Waals surface area contributed by atoms with Crippen molar-refractivity contribution in [2.75, 3.05) is 6.54 Å². The van der Waals surface area contributed by atoms with Crippen molar-refractivity contribution in [3.05, 3.63) is 0 Å². The van der Waals surface area contributed by atoms with Crippen molar-refractivity contribution in [3.63, 3.8) is 0 Å². The van der Waals surface area contributed by atoms with E-state index in [1.54, 1.807) is 0 Å². The summed E-state index contributed by atoms with van der Waals surface area (Å²) in [6.07, 6.45) is 0. The molecule has 0 bridgehead atoms. The van der Waals surface area contributed by atoms with Gasteiger partial charge >= 0.3 is 0 Å². The van der Waals surface area contributed by atoms with Crippen molar-refractivity contribution < 1.29 is 4.79 Å². The second kappa shape index (κ2) is 3.63. The first-order chi connectivity index (χ1) is 5.73. The third kappa shape index (κ3) is 2.77. The molecule has 0 atom stereocenters. The van der Waals surface area contributed by atoms with Gasteiger partial charge in [0.25, 0.3) is 5.91 Å². The molecule has 0 saturated heterocycles. The van der Waals surface area contributed by atoms with Crippen LogP contribution in [0.15, 0.2) is 4.99 Å². The highest BCUT2D eigenvalue weighted by atomic mass is 35.6. The minimum absolute atomic E-state index is 0.0700. The zero-order valence-corrected chi connectivity index (χ0v) is 9.73. The number of carbonyl (C=O) groups excluding carboxylic acids is 1. The minimum Gasteiger partial charge on any atom is -0.308 e. The molecular weight excluding hydrogens is 281 g/mol. The Bertz CT molecular complexity index is 269. The molecule has 0 aromatic rings. The minimum atomic E-state index is -1.76. The molecule has 1 N–H and O–H groups in total. The number of hydrogen-bond acceptors (Lipinski definition) is 2. The van der Waals surface area contributed by atoms with Gasteiger partial charge in [-0.2, -0.15) is 0 Å². The third-order valence-corrected chi connectivity index (χ3v) is 2.39. The summed E-state index contributed by atoms with van der Waals surface area (Å²) in [5.41, 5.74) is 0. The number of amidine groups is 1. The summed E-state index contributed by atoms with van der Waals surface area (Å²) in [6, 6.07) is 0. The molecule has 0 aromatic heterocycles. The molecule has 1 aliphatic heterocycles. The number of nitrogens with zero attached hydrogens (tertiary/aromatic N) is 1. The first-order valence-corrected chi connectivity index (χ1v) is 4.93. The smallest absolute Gasteiger partial charge is 0.263 e. The maximum atomic E-state index is 11.1. The molecule has 1 rings (SSSR count). The van der Waals surface area contributed by atoms with Gasteiger partial charge in [-0.1, -0.05) is 58.0 Å². The van der Waals surface area contributed by atoms with E-state index < -0.39 is 14.0 Å². The summed E-state index contributed by atoms with van der Waals surface area (Å²) >= 11 is 27.5. The van der Waals surface area contributed by atoms with Crippen molar-refractivity contribution in [2.24, 2.45) is 4.99 Å². The van der Waals surface area contributed by atoms with Crippen LogP contribution in [0.1, 0.15) is 0 Å². The summed E-state index contributed by atoms with van der Waals surface area (Å²) in [7, 11) is 0. The number of carbonyl (C=O) groups is 1. The fraction of sp³-hybridized carbons (Fsp3) is 0.600. The highest BCUT2D eigenvalue weighted by Gasteiger charge is 2.42. The predicted molar refractivity (Wildman–Crippen MR) is 55.2 cm³/mol. The maximum absolute atomic E-state index is 11.1. The van der Waals surface area contributed by atoms with Crippen LogP contribution in [-0.2, 0) is 4.79 Å². The standard InChI is InChI=1S/C5H3Cl5N2O/c6-4(7)1-11-2(5(8,9)10)12-3(4)13/h1H2,(H,11,12,13). The Kier molecular flexibility index (Phi) is 3.26. The summed E-state index contributed by atoms with van der Waals surface area (Å²) < 4.78 is -3.35. The van der Waals surface area contributed by atoms with Gasteiger partial charge in [-0.25, -0.2) is 0 Å². The molecule has 0 unspecified atom stereocenters. The van der Waals surface area contributed by atoms with Crippen LogP contribution in [-0.4, -0.2) is 26.4 Å². The van der Waals surface area contributed by atoms with Crippen LogP contribution in [0.2, 0.25) is 0 Å². The topological polar surface area (TPSA) is 41.5 Å². The number of halogens is 5. The monoisotopic (exact) mass is 282 g/mol. The van der Waals surface area contributed by atoms with Gasteiger partial charge in [0.2, 0.25) is 8.13 Å². The summed E-state index contributed by atoms with van der Waals surface area (Å²) in [5.74, 6) is -0.716. The maximum Gasteiger partial charge on any atom is 0.263 e. The van der Waals surface area contributed by atoms with Crippen LogP contribution >= 0.6 is 58.0 Å². The number of rotatable bonds is 0. The lowest BCUT2D eigenvalue weighted by Crippen LogP contribution is -2.51. The molecule has 1 amide bonds. The van der Waals surface area contributed by atoms with Crippen molar-refractivity contribution in [1.29, 1.82) is 0 Å². The molecular formula is C5H3Cl5N2O. The quantitative estimate of drug-likeness (QED) is 0.680. The molecule has 0 fully saturated rings. The van der Waals surface area contributed by atoms with E-state index in [9.17, 15) is 4.79 Å². The van der Waals surface area contributed by atoms with Gasteiger partial charge < -0.3 is 5.32 Å². The first-order valence-electron chi connectivity index (χ1n) is 3.04. The first kappa shape index (κ1) is 11.7. The summed E-state index contributed by atoms with van der Waals surface area (Å²) in [5, 5.41) is 2.20. The molecule has 0 saturated carbocycles. The number of hydrogen-bond donors (Lipinski definition) is 1. The van der Waals surface area contributed by atoms with E-state index in [0.29, 0.717) is 0 Å². The SMILES string of the molecule is O=C1NC(C(Cl)(Cl)Cl)=NCC1(Cl)Cl.